The van der Waals surface area contributed by atoms with Gasteiger partial charge in [-0.3, -0.25) is 9.59 Å². The molecule has 3 fully saturated rings. The van der Waals surface area contributed by atoms with Gasteiger partial charge < -0.3 is 0 Å². The largest absolute Gasteiger partial charge is 0.299 e. The van der Waals surface area contributed by atoms with Gasteiger partial charge in [0.15, 0.2) is 0 Å². The molecule has 3 saturated carbocycles. The van der Waals surface area contributed by atoms with Gasteiger partial charge in [-0.2, -0.15) is 0 Å². The van der Waals surface area contributed by atoms with Gasteiger partial charge in [-0.1, -0.05) is 41.4 Å². The van der Waals surface area contributed by atoms with Gasteiger partial charge in [0.25, 0.3) is 0 Å². The Kier molecular flexibility index (Phi) is 4.10. The summed E-state index contributed by atoms with van der Waals surface area (Å²) in [6.07, 6.45) is 11.0. The highest BCUT2D eigenvalue weighted by molar-refractivity contribution is 9.09. The van der Waals surface area contributed by atoms with Gasteiger partial charge in [-0.25, -0.2) is 0 Å². The number of hydrogen-bond donors (Lipinski definition) is 0. The van der Waals surface area contributed by atoms with Crippen LogP contribution in [-0.2, 0) is 9.59 Å². The van der Waals surface area contributed by atoms with E-state index in [4.69, 9.17) is 0 Å². The van der Waals surface area contributed by atoms with Gasteiger partial charge in [0.2, 0.25) is 0 Å². The smallest absolute Gasteiger partial charge is 0.146 e. The van der Waals surface area contributed by atoms with Crippen molar-refractivity contribution in [2.24, 2.45) is 34.5 Å². The molecule has 0 spiro atoms. The average molecular weight is 393 g/mol. The maximum Gasteiger partial charge on any atom is 0.146 e. The molecule has 4 aliphatic carbocycles. The number of fused-ring (bicyclic) bond motifs is 5. The summed E-state index contributed by atoms with van der Waals surface area (Å²) >= 11 is 3.35. The molecule has 0 radical (unpaired) electrons. The average Bonchev–Trinajstić information content (AvgIpc) is 2.88. The van der Waals surface area contributed by atoms with Crippen LogP contribution < -0.4 is 0 Å². The number of Topliss-reactive ketones (excluding diaryl/α,β-unsaturated/α-hetero) is 2. The zero-order valence-electron chi connectivity index (χ0n) is 14.9. The van der Waals surface area contributed by atoms with Crippen molar-refractivity contribution < 1.29 is 9.59 Å². The lowest BCUT2D eigenvalue weighted by molar-refractivity contribution is -0.132. The Balaban J connectivity index is 1.62. The molecule has 24 heavy (non-hydrogen) atoms. The van der Waals surface area contributed by atoms with E-state index in [1.54, 1.807) is 5.57 Å². The van der Waals surface area contributed by atoms with E-state index >= 15 is 0 Å². The summed E-state index contributed by atoms with van der Waals surface area (Å²) in [5.74, 6) is 3.13. The minimum Gasteiger partial charge on any atom is -0.299 e. The van der Waals surface area contributed by atoms with Crippen LogP contribution in [0.4, 0.5) is 0 Å². The van der Waals surface area contributed by atoms with E-state index < -0.39 is 0 Å². The van der Waals surface area contributed by atoms with Gasteiger partial charge in [-0.05, 0) is 68.1 Å². The molecule has 0 aromatic carbocycles. The molecule has 0 aromatic rings. The highest BCUT2D eigenvalue weighted by Gasteiger charge is 2.58. The highest BCUT2D eigenvalue weighted by Crippen LogP contribution is 2.64. The van der Waals surface area contributed by atoms with Crippen LogP contribution in [0.15, 0.2) is 11.6 Å². The normalized spacial score (nSPS) is 47.5. The van der Waals surface area contributed by atoms with Crippen LogP contribution in [0, 0.1) is 34.5 Å². The summed E-state index contributed by atoms with van der Waals surface area (Å²) in [4.78, 5) is 24.6. The van der Waals surface area contributed by atoms with E-state index in [1.165, 1.54) is 6.42 Å². The number of ketones is 2. The van der Waals surface area contributed by atoms with Crippen molar-refractivity contribution in [3.8, 4) is 0 Å². The second-order valence-corrected chi connectivity index (χ2v) is 9.78. The fraction of sp³-hybridized carbons (Fsp3) is 0.810. The molecule has 4 rings (SSSR count). The van der Waals surface area contributed by atoms with E-state index in [0.29, 0.717) is 28.7 Å². The lowest BCUT2D eigenvalue weighted by Gasteiger charge is -2.57. The number of halogens is 1. The second kappa shape index (κ2) is 5.79. The third-order valence-electron chi connectivity index (χ3n) is 8.40. The summed E-state index contributed by atoms with van der Waals surface area (Å²) in [5, 5.41) is 0.496. The summed E-state index contributed by atoms with van der Waals surface area (Å²) in [6, 6.07) is 0. The third kappa shape index (κ3) is 2.26. The van der Waals surface area contributed by atoms with E-state index in [9.17, 15) is 9.59 Å². The Morgan fingerprint density at radius 1 is 1.17 bits per heavy atom. The molecule has 0 heterocycles. The molecule has 4 aliphatic rings. The monoisotopic (exact) mass is 392 g/mol. The molecule has 6 atom stereocenters. The molecule has 132 valence electrons. The van der Waals surface area contributed by atoms with Crippen LogP contribution in [0.3, 0.4) is 0 Å². The lowest BCUT2D eigenvalue weighted by atomic mass is 9.47. The van der Waals surface area contributed by atoms with Crippen LogP contribution >= 0.6 is 15.9 Å². The Morgan fingerprint density at radius 3 is 2.62 bits per heavy atom. The molecular formula is C21H29BrO2. The molecule has 0 saturated heterocycles. The first-order valence-corrected chi connectivity index (χ1v) is 10.8. The Morgan fingerprint density at radius 2 is 1.88 bits per heavy atom. The van der Waals surface area contributed by atoms with E-state index in [1.807, 2.05) is 0 Å². The number of carbonyl (C=O) groups is 2. The quantitative estimate of drug-likeness (QED) is 0.483. The highest BCUT2D eigenvalue weighted by atomic mass is 79.9. The van der Waals surface area contributed by atoms with Crippen molar-refractivity contribution in [2.75, 3.05) is 5.33 Å². The third-order valence-corrected chi connectivity index (χ3v) is 8.95. The fourth-order valence-corrected chi connectivity index (χ4v) is 7.27. The molecule has 2 nitrogen and oxygen atoms in total. The first kappa shape index (κ1) is 17.0. The van der Waals surface area contributed by atoms with Crippen LogP contribution in [0.1, 0.15) is 65.2 Å². The summed E-state index contributed by atoms with van der Waals surface area (Å²) < 4.78 is 0. The van der Waals surface area contributed by atoms with Crippen LogP contribution in [0.25, 0.3) is 0 Å². The fourth-order valence-electron chi connectivity index (χ4n) is 6.82. The van der Waals surface area contributed by atoms with Crippen molar-refractivity contribution >= 4 is 27.5 Å². The maximum atomic E-state index is 12.5. The summed E-state index contributed by atoms with van der Waals surface area (Å²) in [7, 11) is 0. The van der Waals surface area contributed by atoms with Crippen molar-refractivity contribution in [1.29, 1.82) is 0 Å². The van der Waals surface area contributed by atoms with Gasteiger partial charge in [0.05, 0.1) is 5.33 Å². The molecule has 0 aliphatic heterocycles. The van der Waals surface area contributed by atoms with Crippen molar-refractivity contribution in [2.45, 2.75) is 65.2 Å². The zero-order chi connectivity index (χ0) is 17.1. The van der Waals surface area contributed by atoms with E-state index in [2.05, 4.69) is 35.9 Å². The molecule has 0 unspecified atom stereocenters. The molecule has 3 heteroatoms. The standard InChI is InChI=1S/C21H29BrO2/c1-20-9-7-13(18(23)12-22)11-14(20)3-4-15-16-5-6-19(24)21(16,2)10-8-17(15)20/h3,13,15-17H,4-12H2,1-2H3/t13-,15-,16-,17-,20-,21-/m0/s1. The number of carbonyl (C=O) groups excluding carboxylic acids is 2. The van der Waals surface area contributed by atoms with Gasteiger partial charge in [-0.15, -0.1) is 0 Å². The Hall–Kier alpha value is -0.440. The first-order valence-electron chi connectivity index (χ1n) is 9.71. The predicted molar refractivity (Wildman–Crippen MR) is 99.0 cm³/mol. The zero-order valence-corrected chi connectivity index (χ0v) is 16.5. The minimum absolute atomic E-state index is 0.0357. The van der Waals surface area contributed by atoms with Gasteiger partial charge >= 0.3 is 0 Å². The van der Waals surface area contributed by atoms with Crippen LogP contribution in [0.5, 0.6) is 0 Å². The molecular weight excluding hydrogens is 364 g/mol. The summed E-state index contributed by atoms with van der Waals surface area (Å²) in [5.41, 5.74) is 1.80. The first-order chi connectivity index (χ1) is 11.4. The molecule has 0 amide bonds. The van der Waals surface area contributed by atoms with E-state index in [-0.39, 0.29) is 16.7 Å². The van der Waals surface area contributed by atoms with Crippen LogP contribution in [0.2, 0.25) is 0 Å². The topological polar surface area (TPSA) is 34.1 Å². The molecule has 0 aromatic heterocycles. The lowest BCUT2D eigenvalue weighted by Crippen LogP contribution is -2.50. The maximum absolute atomic E-state index is 12.5. The SMILES string of the molecule is C[C@]12CC[C@H](C(=O)CBr)CC1=CC[C@@H]1[C@@H]2CC[C@]2(C)C(=O)CC[C@@H]12. The molecule has 0 N–H and O–H groups in total. The molecule has 0 bridgehead atoms. The van der Waals surface area contributed by atoms with Crippen LogP contribution in [-0.4, -0.2) is 16.9 Å². The number of allylic oxidation sites excluding steroid dienone is 2. The van der Waals surface area contributed by atoms with Crippen molar-refractivity contribution in [1.82, 2.24) is 0 Å². The summed E-state index contributed by atoms with van der Waals surface area (Å²) in [6.45, 7) is 4.71. The number of rotatable bonds is 2. The Bertz CT molecular complexity index is 609. The predicted octanol–water partition coefficient (Wildman–Crippen LogP) is 5.10. The Labute approximate surface area is 154 Å². The number of alkyl halides is 1. The number of hydrogen-bond acceptors (Lipinski definition) is 2. The van der Waals surface area contributed by atoms with Gasteiger partial charge in [0, 0.05) is 17.8 Å². The van der Waals surface area contributed by atoms with Crippen molar-refractivity contribution in [3.05, 3.63) is 11.6 Å². The van der Waals surface area contributed by atoms with Gasteiger partial charge in [0.1, 0.15) is 11.6 Å². The minimum atomic E-state index is -0.0357. The van der Waals surface area contributed by atoms with E-state index in [0.717, 1.165) is 50.9 Å². The van der Waals surface area contributed by atoms with Crippen molar-refractivity contribution in [3.63, 3.8) is 0 Å². The second-order valence-electron chi connectivity index (χ2n) is 9.22.